The smallest absolute Gasteiger partial charge is 0.136 e. The molecule has 16 heavy (non-hydrogen) atoms. The van der Waals surface area contributed by atoms with Gasteiger partial charge in [0, 0.05) is 18.9 Å². The van der Waals surface area contributed by atoms with Gasteiger partial charge in [-0.15, -0.1) is 0 Å². The molecule has 0 heterocycles. The van der Waals surface area contributed by atoms with Crippen molar-refractivity contribution in [3.63, 3.8) is 0 Å². The van der Waals surface area contributed by atoms with E-state index in [9.17, 15) is 4.79 Å². The van der Waals surface area contributed by atoms with Gasteiger partial charge in [0.05, 0.1) is 7.11 Å². The van der Waals surface area contributed by atoms with Crippen molar-refractivity contribution in [3.8, 4) is 11.5 Å². The van der Waals surface area contributed by atoms with Crippen molar-refractivity contribution in [2.24, 2.45) is 0 Å². The summed E-state index contributed by atoms with van der Waals surface area (Å²) in [4.78, 5) is 11.3. The molecule has 0 N–H and O–H groups in total. The molecule has 1 aromatic carbocycles. The standard InChI is InChI=1S/C13H16O3/c1-15-11-5-3-7-13(9-11)16-12-6-2-4-10(14)8-12/h3,5,7,9,12H,2,4,6,8H2,1H3. The summed E-state index contributed by atoms with van der Waals surface area (Å²) in [6, 6.07) is 7.50. The highest BCUT2D eigenvalue weighted by Crippen LogP contribution is 2.24. The molecule has 3 heteroatoms. The lowest BCUT2D eigenvalue weighted by Gasteiger charge is -2.22. The predicted octanol–water partition coefficient (Wildman–Crippen LogP) is 2.59. The number of carbonyl (C=O) groups is 1. The molecule has 0 amide bonds. The third kappa shape index (κ3) is 2.75. The maximum atomic E-state index is 11.3. The molecule has 3 nitrogen and oxygen atoms in total. The molecule has 1 aromatic rings. The zero-order valence-electron chi connectivity index (χ0n) is 9.44. The molecule has 1 aliphatic rings. The molecule has 2 rings (SSSR count). The first kappa shape index (κ1) is 11.0. The molecule has 0 aliphatic heterocycles. The Hall–Kier alpha value is -1.51. The van der Waals surface area contributed by atoms with E-state index in [1.807, 2.05) is 24.3 Å². The number of ketones is 1. The van der Waals surface area contributed by atoms with Crippen LogP contribution in [0.4, 0.5) is 0 Å². The highest BCUT2D eigenvalue weighted by atomic mass is 16.5. The van der Waals surface area contributed by atoms with Gasteiger partial charge in [-0.3, -0.25) is 4.79 Å². The highest BCUT2D eigenvalue weighted by Gasteiger charge is 2.20. The summed E-state index contributed by atoms with van der Waals surface area (Å²) in [6.45, 7) is 0. The Morgan fingerprint density at radius 1 is 1.31 bits per heavy atom. The first-order valence-corrected chi connectivity index (χ1v) is 5.60. The van der Waals surface area contributed by atoms with Gasteiger partial charge in [-0.2, -0.15) is 0 Å². The molecular weight excluding hydrogens is 204 g/mol. The van der Waals surface area contributed by atoms with Crippen molar-refractivity contribution in [3.05, 3.63) is 24.3 Å². The van der Waals surface area contributed by atoms with E-state index in [1.165, 1.54) is 0 Å². The molecule has 0 bridgehead atoms. The van der Waals surface area contributed by atoms with E-state index in [-0.39, 0.29) is 6.10 Å². The van der Waals surface area contributed by atoms with Crippen LogP contribution < -0.4 is 9.47 Å². The van der Waals surface area contributed by atoms with Crippen molar-refractivity contribution in [2.45, 2.75) is 31.8 Å². The lowest BCUT2D eigenvalue weighted by Crippen LogP contribution is -2.25. The molecule has 0 spiro atoms. The average Bonchev–Trinajstić information content (AvgIpc) is 2.29. The van der Waals surface area contributed by atoms with Gasteiger partial charge in [0.25, 0.3) is 0 Å². The van der Waals surface area contributed by atoms with Gasteiger partial charge in [-0.25, -0.2) is 0 Å². The monoisotopic (exact) mass is 220 g/mol. The van der Waals surface area contributed by atoms with Crippen LogP contribution in [-0.2, 0) is 4.79 Å². The summed E-state index contributed by atoms with van der Waals surface area (Å²) in [7, 11) is 1.63. The quantitative estimate of drug-likeness (QED) is 0.785. The zero-order valence-corrected chi connectivity index (χ0v) is 9.44. The number of benzene rings is 1. The number of rotatable bonds is 3. The molecule has 0 radical (unpaired) electrons. The SMILES string of the molecule is COc1cccc(OC2CCCC(=O)C2)c1. The maximum absolute atomic E-state index is 11.3. The van der Waals surface area contributed by atoms with E-state index in [1.54, 1.807) is 7.11 Å². The van der Waals surface area contributed by atoms with Crippen molar-refractivity contribution >= 4 is 5.78 Å². The molecule has 1 unspecified atom stereocenters. The maximum Gasteiger partial charge on any atom is 0.136 e. The zero-order chi connectivity index (χ0) is 11.4. The third-order valence-corrected chi connectivity index (χ3v) is 2.78. The second-order valence-electron chi connectivity index (χ2n) is 4.05. The minimum absolute atomic E-state index is 0.0355. The summed E-state index contributed by atoms with van der Waals surface area (Å²) in [5.74, 6) is 1.86. The van der Waals surface area contributed by atoms with Crippen LogP contribution in [0.25, 0.3) is 0 Å². The number of hydrogen-bond acceptors (Lipinski definition) is 3. The van der Waals surface area contributed by atoms with Crippen LogP contribution in [0.5, 0.6) is 11.5 Å². The van der Waals surface area contributed by atoms with Crippen LogP contribution in [0.1, 0.15) is 25.7 Å². The average molecular weight is 220 g/mol. The molecule has 1 atom stereocenters. The molecule has 1 saturated carbocycles. The minimum Gasteiger partial charge on any atom is -0.497 e. The fourth-order valence-corrected chi connectivity index (χ4v) is 1.95. The summed E-state index contributed by atoms with van der Waals surface area (Å²) < 4.78 is 10.9. The largest absolute Gasteiger partial charge is 0.497 e. The summed E-state index contributed by atoms with van der Waals surface area (Å²) in [5.41, 5.74) is 0. The Bertz CT molecular complexity index is 373. The van der Waals surface area contributed by atoms with E-state index in [0.29, 0.717) is 18.6 Å². The van der Waals surface area contributed by atoms with Gasteiger partial charge in [-0.05, 0) is 25.0 Å². The fraction of sp³-hybridized carbons (Fsp3) is 0.462. The van der Waals surface area contributed by atoms with E-state index in [0.717, 1.165) is 24.3 Å². The first-order chi connectivity index (χ1) is 7.78. The molecule has 1 aliphatic carbocycles. The van der Waals surface area contributed by atoms with E-state index < -0.39 is 0 Å². The van der Waals surface area contributed by atoms with Crippen LogP contribution in [0.3, 0.4) is 0 Å². The normalized spacial score (nSPS) is 20.6. The number of methoxy groups -OCH3 is 1. The Kier molecular flexibility index (Phi) is 3.44. The number of ether oxygens (including phenoxy) is 2. The van der Waals surface area contributed by atoms with Crippen LogP contribution in [0, 0.1) is 0 Å². The predicted molar refractivity (Wildman–Crippen MR) is 60.9 cm³/mol. The van der Waals surface area contributed by atoms with Gasteiger partial charge < -0.3 is 9.47 Å². The number of hydrogen-bond donors (Lipinski definition) is 0. The van der Waals surface area contributed by atoms with Gasteiger partial charge in [0.1, 0.15) is 23.4 Å². The Morgan fingerprint density at radius 2 is 2.12 bits per heavy atom. The molecule has 0 saturated heterocycles. The summed E-state index contributed by atoms with van der Waals surface area (Å²) >= 11 is 0. The van der Waals surface area contributed by atoms with Gasteiger partial charge >= 0.3 is 0 Å². The minimum atomic E-state index is 0.0355. The van der Waals surface area contributed by atoms with Crippen LogP contribution >= 0.6 is 0 Å². The topological polar surface area (TPSA) is 35.5 Å². The van der Waals surface area contributed by atoms with E-state index in [2.05, 4.69) is 0 Å². The van der Waals surface area contributed by atoms with Crippen molar-refractivity contribution < 1.29 is 14.3 Å². The van der Waals surface area contributed by atoms with Crippen molar-refractivity contribution in [1.82, 2.24) is 0 Å². The Morgan fingerprint density at radius 3 is 2.88 bits per heavy atom. The number of carbonyl (C=O) groups excluding carboxylic acids is 1. The second-order valence-corrected chi connectivity index (χ2v) is 4.05. The second kappa shape index (κ2) is 5.01. The first-order valence-electron chi connectivity index (χ1n) is 5.60. The highest BCUT2D eigenvalue weighted by molar-refractivity contribution is 5.79. The molecule has 0 aromatic heterocycles. The fourth-order valence-electron chi connectivity index (χ4n) is 1.95. The van der Waals surface area contributed by atoms with Crippen LogP contribution in [0.15, 0.2) is 24.3 Å². The van der Waals surface area contributed by atoms with Gasteiger partial charge in [-0.1, -0.05) is 6.07 Å². The van der Waals surface area contributed by atoms with Crippen LogP contribution in [-0.4, -0.2) is 19.0 Å². The van der Waals surface area contributed by atoms with Crippen molar-refractivity contribution in [1.29, 1.82) is 0 Å². The molecular formula is C13H16O3. The van der Waals surface area contributed by atoms with Gasteiger partial charge in [0.15, 0.2) is 0 Å². The number of Topliss-reactive ketones (excluding diaryl/α,β-unsaturated/α-hetero) is 1. The lowest BCUT2D eigenvalue weighted by atomic mass is 9.96. The van der Waals surface area contributed by atoms with Crippen molar-refractivity contribution in [2.75, 3.05) is 7.11 Å². The Labute approximate surface area is 95.4 Å². The molecule has 1 fully saturated rings. The summed E-state index contributed by atoms with van der Waals surface area (Å²) in [6.07, 6.45) is 3.18. The Balaban J connectivity index is 1.99. The van der Waals surface area contributed by atoms with Gasteiger partial charge in [0.2, 0.25) is 0 Å². The molecule has 86 valence electrons. The lowest BCUT2D eigenvalue weighted by molar-refractivity contribution is -0.122. The van der Waals surface area contributed by atoms with Crippen LogP contribution in [0.2, 0.25) is 0 Å². The third-order valence-electron chi connectivity index (χ3n) is 2.78. The van der Waals surface area contributed by atoms with E-state index >= 15 is 0 Å². The summed E-state index contributed by atoms with van der Waals surface area (Å²) in [5, 5.41) is 0. The van der Waals surface area contributed by atoms with E-state index in [4.69, 9.17) is 9.47 Å².